The van der Waals surface area contributed by atoms with Crippen LogP contribution in [0.15, 0.2) is 59.6 Å². The normalized spacial score (nSPS) is 20.9. The lowest BCUT2D eigenvalue weighted by Crippen LogP contribution is -2.37. The highest BCUT2D eigenvalue weighted by molar-refractivity contribution is 5.94. The van der Waals surface area contributed by atoms with Crippen molar-refractivity contribution in [1.82, 2.24) is 0 Å². The molecule has 0 saturated carbocycles. The van der Waals surface area contributed by atoms with Crippen LogP contribution in [0.2, 0.25) is 0 Å². The minimum atomic E-state index is -1.00. The zero-order chi connectivity index (χ0) is 12.4. The van der Waals surface area contributed by atoms with Gasteiger partial charge in [-0.25, -0.2) is 0 Å². The van der Waals surface area contributed by atoms with Gasteiger partial charge in [0.15, 0.2) is 6.29 Å². The summed E-state index contributed by atoms with van der Waals surface area (Å²) in [4.78, 5) is 15.9. The van der Waals surface area contributed by atoms with Crippen molar-refractivity contribution < 1.29 is 4.79 Å². The molecule has 1 aliphatic heterocycles. The van der Waals surface area contributed by atoms with Crippen LogP contribution in [0.1, 0.15) is 11.1 Å². The molecule has 1 N–H and O–H groups in total. The molecule has 0 radical (unpaired) electrons. The van der Waals surface area contributed by atoms with Crippen molar-refractivity contribution in [2.45, 2.75) is 5.66 Å². The maximum atomic E-state index is 11.5. The first-order chi connectivity index (χ1) is 8.84. The van der Waals surface area contributed by atoms with E-state index < -0.39 is 5.66 Å². The van der Waals surface area contributed by atoms with Crippen LogP contribution in [0.5, 0.6) is 0 Å². The number of anilines is 1. The van der Waals surface area contributed by atoms with E-state index in [9.17, 15) is 4.79 Å². The Balaban J connectivity index is 2.10. The molecule has 1 aliphatic rings. The van der Waals surface area contributed by atoms with Gasteiger partial charge in [-0.2, -0.15) is 0 Å². The SMILES string of the molecule is O=CC1(c2ccccc2)N=Cc2ccccc2N1. The first-order valence-electron chi connectivity index (χ1n) is 5.78. The van der Waals surface area contributed by atoms with Gasteiger partial charge in [-0.3, -0.25) is 9.79 Å². The second kappa shape index (κ2) is 4.11. The lowest BCUT2D eigenvalue weighted by atomic mass is 9.98. The molecule has 2 aromatic carbocycles. The van der Waals surface area contributed by atoms with Crippen molar-refractivity contribution in [1.29, 1.82) is 0 Å². The summed E-state index contributed by atoms with van der Waals surface area (Å²) in [6, 6.07) is 17.3. The summed E-state index contributed by atoms with van der Waals surface area (Å²) in [5.74, 6) is 0. The van der Waals surface area contributed by atoms with Gasteiger partial charge >= 0.3 is 0 Å². The molecule has 0 spiro atoms. The number of nitrogens with zero attached hydrogens (tertiary/aromatic N) is 1. The molecular formula is C15H12N2O. The number of hydrogen-bond acceptors (Lipinski definition) is 3. The minimum Gasteiger partial charge on any atom is -0.351 e. The minimum absolute atomic E-state index is 0.839. The van der Waals surface area contributed by atoms with Gasteiger partial charge in [0.25, 0.3) is 0 Å². The molecule has 0 aromatic heterocycles. The van der Waals surface area contributed by atoms with Gasteiger partial charge in [0, 0.05) is 23.0 Å². The van der Waals surface area contributed by atoms with Crippen LogP contribution in [-0.4, -0.2) is 12.5 Å². The number of aldehydes is 1. The number of hydrogen-bond donors (Lipinski definition) is 1. The molecule has 1 unspecified atom stereocenters. The Morgan fingerprint density at radius 1 is 1.00 bits per heavy atom. The number of rotatable bonds is 2. The Kier molecular flexibility index (Phi) is 2.45. The van der Waals surface area contributed by atoms with E-state index in [4.69, 9.17) is 0 Å². The van der Waals surface area contributed by atoms with E-state index >= 15 is 0 Å². The summed E-state index contributed by atoms with van der Waals surface area (Å²) in [5.41, 5.74) is 1.75. The van der Waals surface area contributed by atoms with Crippen LogP contribution in [0, 0.1) is 0 Å². The van der Waals surface area contributed by atoms with Crippen molar-refractivity contribution in [2.24, 2.45) is 4.99 Å². The zero-order valence-electron chi connectivity index (χ0n) is 9.71. The van der Waals surface area contributed by atoms with Crippen LogP contribution >= 0.6 is 0 Å². The smallest absolute Gasteiger partial charge is 0.211 e. The van der Waals surface area contributed by atoms with E-state index in [0.717, 1.165) is 23.1 Å². The van der Waals surface area contributed by atoms with E-state index in [0.29, 0.717) is 0 Å². The van der Waals surface area contributed by atoms with Crippen LogP contribution in [0.4, 0.5) is 5.69 Å². The number of benzene rings is 2. The molecule has 3 nitrogen and oxygen atoms in total. The lowest BCUT2D eigenvalue weighted by Gasteiger charge is -2.30. The highest BCUT2D eigenvalue weighted by Crippen LogP contribution is 2.30. The van der Waals surface area contributed by atoms with Crippen molar-refractivity contribution in [3.8, 4) is 0 Å². The standard InChI is InChI=1S/C15H12N2O/c18-11-15(13-7-2-1-3-8-13)16-10-12-6-4-5-9-14(12)17-15/h1-11,17H. The van der Waals surface area contributed by atoms with Gasteiger partial charge in [-0.15, -0.1) is 0 Å². The van der Waals surface area contributed by atoms with Crippen LogP contribution in [0.25, 0.3) is 0 Å². The highest BCUT2D eigenvalue weighted by atomic mass is 16.1. The van der Waals surface area contributed by atoms with E-state index in [1.54, 1.807) is 6.21 Å². The summed E-state index contributed by atoms with van der Waals surface area (Å²) in [7, 11) is 0. The monoisotopic (exact) mass is 236 g/mol. The van der Waals surface area contributed by atoms with Gasteiger partial charge in [-0.05, 0) is 6.07 Å². The predicted octanol–water partition coefficient (Wildman–Crippen LogP) is 2.58. The lowest BCUT2D eigenvalue weighted by molar-refractivity contribution is -0.111. The molecular weight excluding hydrogens is 224 g/mol. The van der Waals surface area contributed by atoms with Crippen molar-refractivity contribution in [2.75, 3.05) is 5.32 Å². The Morgan fingerprint density at radius 3 is 2.50 bits per heavy atom. The second-order valence-electron chi connectivity index (χ2n) is 4.22. The number of nitrogens with one attached hydrogen (secondary N) is 1. The van der Waals surface area contributed by atoms with E-state index in [2.05, 4.69) is 10.3 Å². The topological polar surface area (TPSA) is 41.5 Å². The Labute approximate surface area is 105 Å². The fraction of sp³-hybridized carbons (Fsp3) is 0.0667. The molecule has 0 amide bonds. The summed E-state index contributed by atoms with van der Waals surface area (Å²) in [5, 5.41) is 3.21. The quantitative estimate of drug-likeness (QED) is 0.814. The summed E-state index contributed by atoms with van der Waals surface area (Å²) in [6.45, 7) is 0. The average Bonchev–Trinajstić information content (AvgIpc) is 2.47. The van der Waals surface area contributed by atoms with Gasteiger partial charge < -0.3 is 5.32 Å². The van der Waals surface area contributed by atoms with Crippen molar-refractivity contribution in [3.63, 3.8) is 0 Å². The maximum absolute atomic E-state index is 11.5. The number of fused-ring (bicyclic) bond motifs is 1. The molecule has 3 heteroatoms. The molecule has 1 atom stereocenters. The number of para-hydroxylation sites is 1. The largest absolute Gasteiger partial charge is 0.351 e. The van der Waals surface area contributed by atoms with E-state index in [1.165, 1.54) is 0 Å². The Hall–Kier alpha value is -2.42. The third kappa shape index (κ3) is 1.61. The fourth-order valence-corrected chi connectivity index (χ4v) is 2.10. The van der Waals surface area contributed by atoms with E-state index in [1.807, 2.05) is 54.6 Å². The first kappa shape index (κ1) is 10.7. The summed E-state index contributed by atoms with van der Waals surface area (Å²) < 4.78 is 0. The van der Waals surface area contributed by atoms with Crippen molar-refractivity contribution >= 4 is 18.2 Å². The van der Waals surface area contributed by atoms with E-state index in [-0.39, 0.29) is 0 Å². The zero-order valence-corrected chi connectivity index (χ0v) is 9.71. The molecule has 2 aromatic rings. The Morgan fingerprint density at radius 2 is 1.72 bits per heavy atom. The predicted molar refractivity (Wildman–Crippen MR) is 71.8 cm³/mol. The number of carbonyl (C=O) groups is 1. The molecule has 3 rings (SSSR count). The van der Waals surface area contributed by atoms with Crippen LogP contribution in [0.3, 0.4) is 0 Å². The molecule has 0 fully saturated rings. The van der Waals surface area contributed by atoms with Crippen molar-refractivity contribution in [3.05, 3.63) is 65.7 Å². The van der Waals surface area contributed by atoms with Gasteiger partial charge in [0.05, 0.1) is 0 Å². The fourth-order valence-electron chi connectivity index (χ4n) is 2.10. The second-order valence-corrected chi connectivity index (χ2v) is 4.22. The number of aliphatic imine (C=N–C) groups is 1. The van der Waals surface area contributed by atoms with Gasteiger partial charge in [-0.1, -0.05) is 48.5 Å². The molecule has 18 heavy (non-hydrogen) atoms. The third-order valence-corrected chi connectivity index (χ3v) is 3.08. The molecule has 0 bridgehead atoms. The summed E-state index contributed by atoms with van der Waals surface area (Å²) in [6.07, 6.45) is 2.59. The number of carbonyl (C=O) groups excluding carboxylic acids is 1. The van der Waals surface area contributed by atoms with Gasteiger partial charge in [0.1, 0.15) is 0 Å². The van der Waals surface area contributed by atoms with Crippen LogP contribution in [-0.2, 0) is 10.5 Å². The Bertz CT molecular complexity index is 607. The molecule has 0 saturated heterocycles. The molecule has 88 valence electrons. The summed E-state index contributed by atoms with van der Waals surface area (Å²) >= 11 is 0. The van der Waals surface area contributed by atoms with Gasteiger partial charge in [0.2, 0.25) is 5.66 Å². The molecule has 0 aliphatic carbocycles. The molecule has 1 heterocycles. The third-order valence-electron chi connectivity index (χ3n) is 3.08. The van der Waals surface area contributed by atoms with Crippen LogP contribution < -0.4 is 5.32 Å². The first-order valence-corrected chi connectivity index (χ1v) is 5.78. The highest BCUT2D eigenvalue weighted by Gasteiger charge is 2.33. The average molecular weight is 236 g/mol. The maximum Gasteiger partial charge on any atom is 0.211 e.